The van der Waals surface area contributed by atoms with Gasteiger partial charge in [-0.3, -0.25) is 15.1 Å². The zero-order valence-electron chi connectivity index (χ0n) is 35.6. The van der Waals surface area contributed by atoms with Gasteiger partial charge >= 0.3 is 0 Å². The molecular formula is C51H55N3O8S. The van der Waals surface area contributed by atoms with Gasteiger partial charge in [-0.05, 0) is 121 Å². The number of rotatable bonds is 20. The number of oxime groups is 1. The van der Waals surface area contributed by atoms with E-state index < -0.39 is 10.7 Å². The molecule has 1 aromatic heterocycles. The maximum atomic E-state index is 11.4. The smallest absolute Gasteiger partial charge is 0.269 e. The van der Waals surface area contributed by atoms with Gasteiger partial charge in [0.15, 0.2) is 0 Å². The summed E-state index contributed by atoms with van der Waals surface area (Å²) in [5, 5.41) is 38.2. The summed E-state index contributed by atoms with van der Waals surface area (Å²) in [5.41, 5.74) is 5.38. The summed E-state index contributed by atoms with van der Waals surface area (Å²) >= 11 is 1.71. The Hall–Kier alpha value is -5.53. The predicted molar refractivity (Wildman–Crippen MR) is 246 cm³/mol. The van der Waals surface area contributed by atoms with E-state index >= 15 is 0 Å². The summed E-state index contributed by atoms with van der Waals surface area (Å²) in [6, 6.07) is 33.2. The van der Waals surface area contributed by atoms with E-state index in [9.17, 15) is 20.3 Å². The lowest BCUT2D eigenvalue weighted by Crippen LogP contribution is -2.64. The van der Waals surface area contributed by atoms with Crippen LogP contribution in [0.1, 0.15) is 73.4 Å². The Kier molecular flexibility index (Phi) is 14.2. The van der Waals surface area contributed by atoms with Crippen molar-refractivity contribution >= 4 is 33.9 Å². The minimum atomic E-state index is -1.16. The van der Waals surface area contributed by atoms with Crippen LogP contribution in [0, 0.1) is 34.8 Å². The number of fused-ring (bicyclic) bond motifs is 3. The number of nitrogens with zero attached hydrogens (tertiary/aromatic N) is 3. The predicted octanol–water partition coefficient (Wildman–Crippen LogP) is 10.7. The van der Waals surface area contributed by atoms with Crippen LogP contribution >= 0.6 is 11.8 Å². The van der Waals surface area contributed by atoms with Crippen LogP contribution < -0.4 is 9.47 Å². The number of unbranched alkanes of at least 4 members (excludes halogenated alkanes) is 2. The highest BCUT2D eigenvalue weighted by molar-refractivity contribution is 8.00. The zero-order valence-corrected chi connectivity index (χ0v) is 36.5. The lowest BCUT2D eigenvalue weighted by atomic mass is 9.56. The number of aliphatic hydroxyl groups excluding tert-OH is 2. The van der Waals surface area contributed by atoms with Gasteiger partial charge in [-0.2, -0.15) is 0 Å². The average molecular weight is 870 g/mol. The standard InChI is InChI=1S/C51H55N3O8S/c1-3-27-60-51-48(63-42-23-19-36-12-4-5-13-37(36)28-42)31-46(53-61-32-35-17-20-40(21-18-35)54(57)58)44-29-38(14-6-8-25-55)43(16-7-9-26-56)49(50(44)51)45-30-41(22-24-47(45)62-51)59-33-39-15-10-11-34(2)52-39/h3-5,10-13,15,17-24,28-30,38,43,48-50,55-56H,1,6-9,14,16,25-27,31-33H2,2H3. The molecule has 6 unspecified atom stereocenters. The van der Waals surface area contributed by atoms with Crippen LogP contribution in [0.25, 0.3) is 10.8 Å². The fourth-order valence-corrected chi connectivity index (χ4v) is 11.0. The molecule has 0 saturated heterocycles. The maximum Gasteiger partial charge on any atom is 0.269 e. The number of non-ortho nitro benzene ring substituents is 1. The molecular weight excluding hydrogens is 815 g/mol. The first-order chi connectivity index (χ1) is 30.8. The first-order valence-electron chi connectivity index (χ1n) is 21.9. The van der Waals surface area contributed by atoms with Crippen molar-refractivity contribution in [2.24, 2.45) is 22.9 Å². The van der Waals surface area contributed by atoms with Crippen molar-refractivity contribution in [1.82, 2.24) is 4.98 Å². The van der Waals surface area contributed by atoms with Gasteiger partial charge in [-0.1, -0.05) is 66.5 Å². The molecule has 11 nitrogen and oxygen atoms in total. The second kappa shape index (κ2) is 20.3. The highest BCUT2D eigenvalue weighted by Gasteiger charge is 2.64. The van der Waals surface area contributed by atoms with Gasteiger partial charge in [0.1, 0.15) is 24.7 Å². The highest BCUT2D eigenvalue weighted by Crippen LogP contribution is 2.63. The van der Waals surface area contributed by atoms with Gasteiger partial charge in [-0.15, -0.1) is 18.3 Å². The second-order valence-corrected chi connectivity index (χ2v) is 17.9. The van der Waals surface area contributed by atoms with E-state index in [0.717, 1.165) is 80.9 Å². The molecule has 0 amide bonds. The molecule has 6 atom stereocenters. The van der Waals surface area contributed by atoms with E-state index in [1.807, 2.05) is 49.4 Å². The maximum absolute atomic E-state index is 11.4. The number of nitro groups is 1. The van der Waals surface area contributed by atoms with Crippen molar-refractivity contribution in [2.75, 3.05) is 19.8 Å². The number of nitro benzene ring substituents is 1. The third-order valence-corrected chi connectivity index (χ3v) is 13.8. The summed E-state index contributed by atoms with van der Waals surface area (Å²) in [6.07, 6.45) is 9.38. The number of aromatic nitrogens is 1. The first-order valence-corrected chi connectivity index (χ1v) is 22.8. The fourth-order valence-electron chi connectivity index (χ4n) is 9.66. The van der Waals surface area contributed by atoms with Crippen molar-refractivity contribution < 1.29 is 34.2 Å². The molecule has 2 aliphatic carbocycles. The summed E-state index contributed by atoms with van der Waals surface area (Å²) in [6.45, 7) is 6.96. The molecule has 328 valence electrons. The van der Waals surface area contributed by atoms with Gasteiger partial charge in [0, 0.05) is 53.8 Å². The number of hydrogen-bond donors (Lipinski definition) is 2. The SMILES string of the molecule is C=CCOC12Oc3ccc(OCc4cccc(C)n4)cc3C3C(CCCCO)C(CCCCO)C=C(C(=NOCc4ccc([N+](=O)[O-])cc4)CC1Sc1ccc4ccccc4c1)C32. The Morgan fingerprint density at radius 3 is 2.49 bits per heavy atom. The molecule has 1 aliphatic heterocycles. The minimum absolute atomic E-state index is 0.0129. The van der Waals surface area contributed by atoms with Gasteiger partial charge in [0.25, 0.3) is 5.69 Å². The normalized spacial score (nSPS) is 23.0. The lowest BCUT2D eigenvalue weighted by molar-refractivity contribution is -0.384. The molecule has 63 heavy (non-hydrogen) atoms. The molecule has 0 bridgehead atoms. The molecule has 8 rings (SSSR count). The molecule has 12 heteroatoms. The average Bonchev–Trinajstić information content (AvgIpc) is 3.29. The summed E-state index contributed by atoms with van der Waals surface area (Å²) in [5.74, 6) is 0.0733. The molecule has 1 fully saturated rings. The topological polar surface area (TPSA) is 146 Å². The number of ether oxygens (including phenoxy) is 3. The van der Waals surface area contributed by atoms with Crippen LogP contribution in [0.3, 0.4) is 0 Å². The van der Waals surface area contributed by atoms with Crippen LogP contribution in [0.2, 0.25) is 0 Å². The van der Waals surface area contributed by atoms with Crippen LogP contribution in [-0.2, 0) is 22.8 Å². The highest BCUT2D eigenvalue weighted by atomic mass is 32.2. The quantitative estimate of drug-likeness (QED) is 0.0335. The Labute approximate surface area is 373 Å². The van der Waals surface area contributed by atoms with Crippen molar-refractivity contribution in [2.45, 2.75) is 86.9 Å². The number of benzene rings is 4. The number of allylic oxidation sites excluding steroid dienone is 1. The molecule has 0 radical (unpaired) electrons. The van der Waals surface area contributed by atoms with E-state index in [-0.39, 0.29) is 61.0 Å². The first kappa shape index (κ1) is 44.1. The zero-order chi connectivity index (χ0) is 43.8. The van der Waals surface area contributed by atoms with Crippen LogP contribution in [0.15, 0.2) is 137 Å². The molecule has 3 aliphatic rings. The number of aryl methyl sites for hydroxylation is 1. The summed E-state index contributed by atoms with van der Waals surface area (Å²) < 4.78 is 21.0. The number of pyridine rings is 1. The fraction of sp³-hybridized carbons (Fsp3) is 0.373. The van der Waals surface area contributed by atoms with Crippen LogP contribution in [-0.4, -0.2) is 56.7 Å². The van der Waals surface area contributed by atoms with Gasteiger partial charge in [-0.25, -0.2) is 0 Å². The third-order valence-electron chi connectivity index (χ3n) is 12.5. The van der Waals surface area contributed by atoms with Gasteiger partial charge in [0.05, 0.1) is 34.1 Å². The monoisotopic (exact) mass is 869 g/mol. The minimum Gasteiger partial charge on any atom is -0.487 e. The van der Waals surface area contributed by atoms with E-state index in [1.54, 1.807) is 30.0 Å². The number of aliphatic hydroxyl groups is 2. The molecule has 2 N–H and O–H groups in total. The van der Waals surface area contributed by atoms with E-state index in [4.69, 9.17) is 24.2 Å². The molecule has 1 saturated carbocycles. The molecule has 4 aromatic carbocycles. The van der Waals surface area contributed by atoms with Crippen molar-refractivity contribution in [3.05, 3.63) is 160 Å². The molecule has 5 aromatic rings. The van der Waals surface area contributed by atoms with E-state index in [1.165, 1.54) is 12.1 Å². The summed E-state index contributed by atoms with van der Waals surface area (Å²) in [7, 11) is 0. The Bertz CT molecular complexity index is 2460. The van der Waals surface area contributed by atoms with Crippen molar-refractivity contribution in [3.63, 3.8) is 0 Å². The van der Waals surface area contributed by atoms with Crippen molar-refractivity contribution in [1.29, 1.82) is 0 Å². The number of hydrogen-bond acceptors (Lipinski definition) is 11. The van der Waals surface area contributed by atoms with E-state index in [2.05, 4.69) is 54.0 Å². The Balaban J connectivity index is 1.27. The third kappa shape index (κ3) is 9.84. The van der Waals surface area contributed by atoms with Crippen molar-refractivity contribution in [3.8, 4) is 11.5 Å². The second-order valence-electron chi connectivity index (χ2n) is 16.6. The molecule has 2 heterocycles. The van der Waals surface area contributed by atoms with Gasteiger partial charge in [0.2, 0.25) is 5.79 Å². The van der Waals surface area contributed by atoms with E-state index in [0.29, 0.717) is 31.6 Å². The largest absolute Gasteiger partial charge is 0.487 e. The Morgan fingerprint density at radius 1 is 0.937 bits per heavy atom. The summed E-state index contributed by atoms with van der Waals surface area (Å²) in [4.78, 5) is 22.9. The Morgan fingerprint density at radius 2 is 1.73 bits per heavy atom. The van der Waals surface area contributed by atoms with Crippen LogP contribution in [0.5, 0.6) is 11.5 Å². The van der Waals surface area contributed by atoms with Crippen LogP contribution in [0.4, 0.5) is 5.69 Å². The van der Waals surface area contributed by atoms with Gasteiger partial charge < -0.3 is 29.3 Å². The molecule has 0 spiro atoms. The lowest BCUT2D eigenvalue weighted by Gasteiger charge is -2.58. The number of thioether (sulfide) groups is 1.